The fourth-order valence-electron chi connectivity index (χ4n) is 2.80. The predicted molar refractivity (Wildman–Crippen MR) is 135 cm³/mol. The highest BCUT2D eigenvalue weighted by Crippen LogP contribution is 2.37. The molecular weight excluding hydrogens is 564 g/mol. The van der Waals surface area contributed by atoms with Gasteiger partial charge in [0, 0.05) is 5.02 Å². The molecule has 156 valence electrons. The Balaban J connectivity index is 1.50. The molecule has 1 heterocycles. The zero-order chi connectivity index (χ0) is 21.8. The van der Waals surface area contributed by atoms with Crippen LogP contribution in [-0.2, 0) is 11.4 Å². The van der Waals surface area contributed by atoms with Crippen molar-refractivity contribution in [1.29, 1.82) is 0 Å². The molecule has 0 saturated carbocycles. The monoisotopic (exact) mass is 576 g/mol. The van der Waals surface area contributed by atoms with Crippen LogP contribution >= 0.6 is 55.2 Å². The Kier molecular flexibility index (Phi) is 7.17. The average Bonchev–Trinajstić information content (AvgIpc) is 3.08. The number of hydrogen-bond donors (Lipinski definition) is 1. The molecule has 1 aliphatic rings. The van der Waals surface area contributed by atoms with E-state index in [4.69, 9.17) is 16.3 Å². The molecule has 3 aromatic carbocycles. The number of rotatable bonds is 5. The van der Waals surface area contributed by atoms with Crippen molar-refractivity contribution in [1.82, 2.24) is 5.32 Å². The maximum Gasteiger partial charge on any atom is 0.264 e. The number of amides is 1. The Labute approximate surface area is 206 Å². The lowest BCUT2D eigenvalue weighted by atomic mass is 10.2. The number of thioether (sulfide) groups is 1. The van der Waals surface area contributed by atoms with Crippen molar-refractivity contribution in [2.24, 2.45) is 4.99 Å². The van der Waals surface area contributed by atoms with Crippen LogP contribution in [0.4, 0.5) is 5.69 Å². The summed E-state index contributed by atoms with van der Waals surface area (Å²) in [6, 6.07) is 20.9. The number of nitrogens with one attached hydrogen (secondary N) is 1. The van der Waals surface area contributed by atoms with Crippen molar-refractivity contribution >= 4 is 78.1 Å². The molecule has 1 amide bonds. The van der Waals surface area contributed by atoms with Crippen molar-refractivity contribution in [3.05, 3.63) is 96.7 Å². The first kappa shape index (κ1) is 22.1. The number of aliphatic imine (C=N–C) groups is 1. The van der Waals surface area contributed by atoms with E-state index in [-0.39, 0.29) is 5.91 Å². The fraction of sp³-hybridized carbons (Fsp3) is 0.0435. The lowest BCUT2D eigenvalue weighted by molar-refractivity contribution is -0.115. The largest absolute Gasteiger partial charge is 0.487 e. The van der Waals surface area contributed by atoms with E-state index in [0.29, 0.717) is 27.5 Å². The van der Waals surface area contributed by atoms with Crippen molar-refractivity contribution in [2.45, 2.75) is 6.61 Å². The van der Waals surface area contributed by atoms with Crippen molar-refractivity contribution in [3.8, 4) is 5.75 Å². The predicted octanol–water partition coefficient (Wildman–Crippen LogP) is 7.34. The number of carbonyl (C=O) groups excluding carboxylic acids is 1. The van der Waals surface area contributed by atoms with E-state index in [2.05, 4.69) is 42.2 Å². The van der Waals surface area contributed by atoms with E-state index in [1.165, 1.54) is 11.8 Å². The number of halogens is 3. The van der Waals surface area contributed by atoms with Crippen LogP contribution in [0.25, 0.3) is 6.08 Å². The molecule has 0 unspecified atom stereocenters. The molecular formula is C23H15Br2ClN2O2S. The standard InChI is InChI=1S/C23H15Br2ClN2O2S/c24-18-10-15(11-19(25)21(18)30-13-14-4-2-1-3-5-14)12-20-22(29)28-23(31-20)27-17-8-6-16(26)7-9-17/h1-12H,13H2,(H,27,28,29)/b20-12-. The molecule has 0 aromatic heterocycles. The van der Waals surface area contributed by atoms with E-state index >= 15 is 0 Å². The second-order valence-corrected chi connectivity index (χ2v) is 9.72. The Bertz CT molecular complexity index is 1160. The summed E-state index contributed by atoms with van der Waals surface area (Å²) in [5.41, 5.74) is 2.66. The van der Waals surface area contributed by atoms with Crippen LogP contribution in [0.15, 0.2) is 85.6 Å². The summed E-state index contributed by atoms with van der Waals surface area (Å²) < 4.78 is 7.55. The Morgan fingerprint density at radius 2 is 1.71 bits per heavy atom. The molecule has 31 heavy (non-hydrogen) atoms. The molecule has 4 rings (SSSR count). The average molecular weight is 579 g/mol. The molecule has 0 bridgehead atoms. The quantitative estimate of drug-likeness (QED) is 0.323. The van der Waals surface area contributed by atoms with Gasteiger partial charge in [0.2, 0.25) is 0 Å². The van der Waals surface area contributed by atoms with Gasteiger partial charge in [-0.25, -0.2) is 4.99 Å². The molecule has 1 fully saturated rings. The minimum Gasteiger partial charge on any atom is -0.487 e. The normalized spacial score (nSPS) is 16.0. The van der Waals surface area contributed by atoms with Gasteiger partial charge in [0.15, 0.2) is 5.17 Å². The van der Waals surface area contributed by atoms with Crippen LogP contribution in [0.5, 0.6) is 5.75 Å². The third-order valence-corrected chi connectivity index (χ3v) is 6.59. The van der Waals surface area contributed by atoms with Crippen LogP contribution in [0.2, 0.25) is 5.02 Å². The van der Waals surface area contributed by atoms with Crippen LogP contribution in [0, 0.1) is 0 Å². The Morgan fingerprint density at radius 1 is 1.03 bits per heavy atom. The topological polar surface area (TPSA) is 50.7 Å². The minimum absolute atomic E-state index is 0.186. The van der Waals surface area contributed by atoms with Gasteiger partial charge in [-0.2, -0.15) is 0 Å². The van der Waals surface area contributed by atoms with Gasteiger partial charge in [-0.3, -0.25) is 4.79 Å². The number of nitrogens with zero attached hydrogens (tertiary/aromatic N) is 1. The van der Waals surface area contributed by atoms with E-state index in [1.54, 1.807) is 24.3 Å². The van der Waals surface area contributed by atoms with Gasteiger partial charge in [-0.05, 0) is 97.2 Å². The van der Waals surface area contributed by atoms with Gasteiger partial charge in [0.1, 0.15) is 12.4 Å². The number of amidine groups is 1. The highest BCUT2D eigenvalue weighted by Gasteiger charge is 2.24. The van der Waals surface area contributed by atoms with Crippen LogP contribution < -0.4 is 10.1 Å². The number of ether oxygens (including phenoxy) is 1. The maximum atomic E-state index is 12.4. The summed E-state index contributed by atoms with van der Waals surface area (Å²) in [7, 11) is 0. The van der Waals surface area contributed by atoms with E-state index < -0.39 is 0 Å². The molecule has 0 aliphatic carbocycles. The molecule has 1 N–H and O–H groups in total. The van der Waals surface area contributed by atoms with E-state index in [0.717, 1.165) is 25.8 Å². The first-order valence-corrected chi connectivity index (χ1v) is 12.0. The lowest BCUT2D eigenvalue weighted by Gasteiger charge is -2.11. The summed E-state index contributed by atoms with van der Waals surface area (Å²) in [6.45, 7) is 0.460. The first-order valence-electron chi connectivity index (χ1n) is 9.19. The van der Waals surface area contributed by atoms with E-state index in [9.17, 15) is 4.79 Å². The first-order chi connectivity index (χ1) is 15.0. The van der Waals surface area contributed by atoms with Crippen molar-refractivity contribution < 1.29 is 9.53 Å². The molecule has 8 heteroatoms. The molecule has 4 nitrogen and oxygen atoms in total. The smallest absolute Gasteiger partial charge is 0.264 e. The Hall–Kier alpha value is -2.06. The fourth-order valence-corrected chi connectivity index (χ4v) is 5.21. The van der Waals surface area contributed by atoms with Crippen molar-refractivity contribution in [2.75, 3.05) is 0 Å². The minimum atomic E-state index is -0.186. The lowest BCUT2D eigenvalue weighted by Crippen LogP contribution is -2.19. The summed E-state index contributed by atoms with van der Waals surface area (Å²) in [5.74, 6) is 0.522. The number of hydrogen-bond acceptors (Lipinski definition) is 4. The zero-order valence-corrected chi connectivity index (χ0v) is 20.7. The highest BCUT2D eigenvalue weighted by atomic mass is 79.9. The van der Waals surface area contributed by atoms with Gasteiger partial charge >= 0.3 is 0 Å². The molecule has 3 aromatic rings. The summed E-state index contributed by atoms with van der Waals surface area (Å²) in [5, 5.41) is 3.96. The molecule has 0 spiro atoms. The molecule has 1 aliphatic heterocycles. The number of carbonyl (C=O) groups is 1. The van der Waals surface area contributed by atoms with Crippen LogP contribution in [0.1, 0.15) is 11.1 Å². The molecule has 1 saturated heterocycles. The van der Waals surface area contributed by atoms with E-state index in [1.807, 2.05) is 48.5 Å². The second-order valence-electron chi connectivity index (χ2n) is 6.55. The third-order valence-electron chi connectivity index (χ3n) is 4.25. The summed E-state index contributed by atoms with van der Waals surface area (Å²) in [4.78, 5) is 17.4. The molecule has 0 atom stereocenters. The second kappa shape index (κ2) is 10.0. The summed E-state index contributed by atoms with van der Waals surface area (Å²) >= 11 is 14.3. The Morgan fingerprint density at radius 3 is 2.39 bits per heavy atom. The maximum absolute atomic E-state index is 12.4. The van der Waals surface area contributed by atoms with Crippen LogP contribution in [-0.4, -0.2) is 11.1 Å². The zero-order valence-electron chi connectivity index (χ0n) is 15.9. The van der Waals surface area contributed by atoms with Crippen molar-refractivity contribution in [3.63, 3.8) is 0 Å². The van der Waals surface area contributed by atoms with Crippen LogP contribution in [0.3, 0.4) is 0 Å². The highest BCUT2D eigenvalue weighted by molar-refractivity contribution is 9.11. The summed E-state index contributed by atoms with van der Waals surface area (Å²) in [6.07, 6.45) is 1.82. The van der Waals surface area contributed by atoms with Gasteiger partial charge in [-0.1, -0.05) is 41.9 Å². The van der Waals surface area contributed by atoms with Gasteiger partial charge < -0.3 is 10.1 Å². The van der Waals surface area contributed by atoms with Gasteiger partial charge in [0.05, 0.1) is 19.5 Å². The number of benzene rings is 3. The third kappa shape index (κ3) is 5.80. The van der Waals surface area contributed by atoms with Gasteiger partial charge in [0.25, 0.3) is 5.91 Å². The van der Waals surface area contributed by atoms with Gasteiger partial charge in [-0.15, -0.1) is 0 Å². The molecule has 0 radical (unpaired) electrons. The SMILES string of the molecule is O=C1NC(=Nc2ccc(Cl)cc2)S/C1=C\c1cc(Br)c(OCc2ccccc2)c(Br)c1.